The summed E-state index contributed by atoms with van der Waals surface area (Å²) in [6.07, 6.45) is 1.38. The molecular weight excluding hydrogens is 403 g/mol. The molecule has 0 atom stereocenters. The van der Waals surface area contributed by atoms with Gasteiger partial charge >= 0.3 is 0 Å². The smallest absolute Gasteiger partial charge is 0.270 e. The molecule has 4 rings (SSSR count). The molecule has 0 radical (unpaired) electrons. The quantitative estimate of drug-likeness (QED) is 0.384. The van der Waals surface area contributed by atoms with Gasteiger partial charge in [0.2, 0.25) is 0 Å². The summed E-state index contributed by atoms with van der Waals surface area (Å²) in [5.41, 5.74) is 3.11. The zero-order valence-electron chi connectivity index (χ0n) is 16.2. The summed E-state index contributed by atoms with van der Waals surface area (Å²) < 4.78 is 18.9. The van der Waals surface area contributed by atoms with Crippen molar-refractivity contribution in [2.24, 2.45) is 0 Å². The molecule has 0 saturated carbocycles. The van der Waals surface area contributed by atoms with E-state index < -0.39 is 11.8 Å². The first-order chi connectivity index (χ1) is 14.3. The normalized spacial score (nSPS) is 15.6. The molecule has 1 saturated heterocycles. The molecule has 1 aliphatic heterocycles. The van der Waals surface area contributed by atoms with Gasteiger partial charge in [0.05, 0.1) is 5.69 Å². The molecule has 1 aliphatic rings. The highest BCUT2D eigenvalue weighted by Gasteiger charge is 2.34. The van der Waals surface area contributed by atoms with E-state index in [-0.39, 0.29) is 16.5 Å². The lowest BCUT2D eigenvalue weighted by Crippen LogP contribution is -2.54. The molecule has 1 N–H and O–H groups in total. The third-order valence-corrected chi connectivity index (χ3v) is 4.89. The fraction of sp³-hybridized carbons (Fsp3) is 0.0870. The second kappa shape index (κ2) is 7.68. The maximum absolute atomic E-state index is 13.1. The molecule has 0 aliphatic carbocycles. The fourth-order valence-electron chi connectivity index (χ4n) is 3.31. The molecule has 150 valence electrons. The zero-order valence-corrected chi connectivity index (χ0v) is 17.0. The van der Waals surface area contributed by atoms with Gasteiger partial charge < -0.3 is 4.42 Å². The number of hydrogen-bond acceptors (Lipinski definition) is 4. The maximum atomic E-state index is 13.1. The maximum Gasteiger partial charge on any atom is 0.270 e. The molecule has 0 unspecified atom stereocenters. The molecule has 0 bridgehead atoms. The van der Waals surface area contributed by atoms with Crippen LogP contribution in [0.25, 0.3) is 17.4 Å². The van der Waals surface area contributed by atoms with Crippen LogP contribution in [0.4, 0.5) is 10.1 Å². The number of nitrogens with zero attached hydrogens (tertiary/aromatic N) is 1. The Balaban J connectivity index is 1.68. The number of thiocarbonyl (C=S) groups is 1. The summed E-state index contributed by atoms with van der Waals surface area (Å²) in [6.45, 7) is 3.84. The average molecular weight is 420 g/mol. The summed E-state index contributed by atoms with van der Waals surface area (Å²) in [6, 6.07) is 14.8. The Bertz CT molecular complexity index is 1190. The van der Waals surface area contributed by atoms with Crippen LogP contribution < -0.4 is 10.2 Å². The molecule has 0 spiro atoms. The Morgan fingerprint density at radius 1 is 1.00 bits per heavy atom. The van der Waals surface area contributed by atoms with Crippen molar-refractivity contribution in [1.82, 2.24) is 5.32 Å². The van der Waals surface area contributed by atoms with E-state index in [0.717, 1.165) is 11.1 Å². The molecular formula is C23H17FN2O3S. The Morgan fingerprint density at radius 2 is 1.67 bits per heavy atom. The summed E-state index contributed by atoms with van der Waals surface area (Å²) in [7, 11) is 0. The van der Waals surface area contributed by atoms with Crippen LogP contribution >= 0.6 is 12.2 Å². The second-order valence-corrected chi connectivity index (χ2v) is 7.40. The van der Waals surface area contributed by atoms with E-state index in [1.54, 1.807) is 24.3 Å². The van der Waals surface area contributed by atoms with Crippen molar-refractivity contribution >= 4 is 40.9 Å². The Hall–Kier alpha value is -3.58. The number of furan rings is 1. The molecule has 3 aromatic rings. The van der Waals surface area contributed by atoms with Gasteiger partial charge in [0.1, 0.15) is 22.9 Å². The average Bonchev–Trinajstić information content (AvgIpc) is 3.13. The summed E-state index contributed by atoms with van der Waals surface area (Å²) in [5.74, 6) is -0.661. The third kappa shape index (κ3) is 3.79. The van der Waals surface area contributed by atoms with Gasteiger partial charge in [-0.1, -0.05) is 6.07 Å². The topological polar surface area (TPSA) is 62.6 Å². The third-order valence-electron chi connectivity index (χ3n) is 4.61. The fourth-order valence-corrected chi connectivity index (χ4v) is 3.59. The van der Waals surface area contributed by atoms with Crippen molar-refractivity contribution in [3.8, 4) is 11.3 Å². The molecule has 2 amide bonds. The van der Waals surface area contributed by atoms with E-state index in [1.165, 1.54) is 23.1 Å². The highest BCUT2D eigenvalue weighted by molar-refractivity contribution is 7.80. The van der Waals surface area contributed by atoms with E-state index in [0.29, 0.717) is 22.8 Å². The monoisotopic (exact) mass is 420 g/mol. The van der Waals surface area contributed by atoms with Crippen molar-refractivity contribution in [3.05, 3.63) is 82.9 Å². The van der Waals surface area contributed by atoms with Gasteiger partial charge in [0.15, 0.2) is 5.11 Å². The zero-order chi connectivity index (χ0) is 21.4. The minimum absolute atomic E-state index is 0.0265. The van der Waals surface area contributed by atoms with Gasteiger partial charge in [0, 0.05) is 5.56 Å². The summed E-state index contributed by atoms with van der Waals surface area (Å²) in [4.78, 5) is 26.9. The molecule has 30 heavy (non-hydrogen) atoms. The number of benzene rings is 2. The lowest BCUT2D eigenvalue weighted by molar-refractivity contribution is -0.122. The minimum atomic E-state index is -0.592. The molecule has 1 aromatic heterocycles. The predicted octanol–water partition coefficient (Wildman–Crippen LogP) is 4.53. The number of anilines is 1. The number of carbonyl (C=O) groups excluding carboxylic acids is 2. The number of aryl methyl sites for hydroxylation is 2. The van der Waals surface area contributed by atoms with Crippen LogP contribution in [-0.4, -0.2) is 16.9 Å². The summed E-state index contributed by atoms with van der Waals surface area (Å²) in [5, 5.41) is 2.58. The first-order valence-corrected chi connectivity index (χ1v) is 9.58. The number of carbonyl (C=O) groups is 2. The number of hydrogen-bond donors (Lipinski definition) is 1. The van der Waals surface area contributed by atoms with Gasteiger partial charge in [-0.05, 0) is 91.8 Å². The van der Waals surface area contributed by atoms with Crippen LogP contribution in [0, 0.1) is 19.7 Å². The van der Waals surface area contributed by atoms with E-state index in [2.05, 4.69) is 5.32 Å². The lowest BCUT2D eigenvalue weighted by Gasteiger charge is -2.29. The summed E-state index contributed by atoms with van der Waals surface area (Å²) >= 11 is 5.24. The van der Waals surface area contributed by atoms with Crippen LogP contribution in [-0.2, 0) is 9.59 Å². The van der Waals surface area contributed by atoms with Crippen LogP contribution in [0.15, 0.2) is 64.6 Å². The molecule has 7 heteroatoms. The Morgan fingerprint density at radius 3 is 2.33 bits per heavy atom. The Labute approximate surface area is 177 Å². The molecule has 5 nitrogen and oxygen atoms in total. The standard InChI is InChI=1S/C23H17FN2O3S/c1-13-9-14(2)11-17(10-13)26-22(28)19(21(27)25-23(26)30)12-18-7-8-20(29-18)15-3-5-16(24)6-4-15/h3-12H,1-2H3,(H,25,27,30)/b19-12+. The van der Waals surface area contributed by atoms with Gasteiger partial charge in [-0.15, -0.1) is 0 Å². The predicted molar refractivity (Wildman–Crippen MR) is 116 cm³/mol. The van der Waals surface area contributed by atoms with Gasteiger partial charge in [-0.25, -0.2) is 4.39 Å². The van der Waals surface area contributed by atoms with Gasteiger partial charge in [-0.3, -0.25) is 19.8 Å². The van der Waals surface area contributed by atoms with E-state index in [4.69, 9.17) is 16.6 Å². The van der Waals surface area contributed by atoms with Crippen molar-refractivity contribution in [2.75, 3.05) is 4.90 Å². The van der Waals surface area contributed by atoms with Gasteiger partial charge in [-0.2, -0.15) is 0 Å². The van der Waals surface area contributed by atoms with Crippen LogP contribution in [0.2, 0.25) is 0 Å². The second-order valence-electron chi connectivity index (χ2n) is 7.01. The van der Waals surface area contributed by atoms with Crippen LogP contribution in [0.3, 0.4) is 0 Å². The largest absolute Gasteiger partial charge is 0.457 e. The van der Waals surface area contributed by atoms with E-state index >= 15 is 0 Å². The van der Waals surface area contributed by atoms with Crippen LogP contribution in [0.1, 0.15) is 16.9 Å². The minimum Gasteiger partial charge on any atom is -0.457 e. The number of nitrogens with one attached hydrogen (secondary N) is 1. The SMILES string of the molecule is Cc1cc(C)cc(N2C(=O)/C(=C/c3ccc(-c4ccc(F)cc4)o3)C(=O)NC2=S)c1. The van der Waals surface area contributed by atoms with Crippen LogP contribution in [0.5, 0.6) is 0 Å². The molecule has 2 heterocycles. The first kappa shape index (κ1) is 19.7. The van der Waals surface area contributed by atoms with E-state index in [9.17, 15) is 14.0 Å². The highest BCUT2D eigenvalue weighted by atomic mass is 32.1. The number of halogens is 1. The lowest BCUT2D eigenvalue weighted by atomic mass is 10.1. The first-order valence-electron chi connectivity index (χ1n) is 9.17. The highest BCUT2D eigenvalue weighted by Crippen LogP contribution is 2.27. The van der Waals surface area contributed by atoms with Gasteiger partial charge in [0.25, 0.3) is 11.8 Å². The Kier molecular flexibility index (Phi) is 5.05. The molecule has 2 aromatic carbocycles. The number of amides is 2. The number of rotatable bonds is 3. The van der Waals surface area contributed by atoms with Crippen molar-refractivity contribution in [3.63, 3.8) is 0 Å². The van der Waals surface area contributed by atoms with Crippen molar-refractivity contribution < 1.29 is 18.4 Å². The van der Waals surface area contributed by atoms with E-state index in [1.807, 2.05) is 32.0 Å². The van der Waals surface area contributed by atoms with Crippen molar-refractivity contribution in [2.45, 2.75) is 13.8 Å². The molecule has 1 fully saturated rings. The van der Waals surface area contributed by atoms with Crippen molar-refractivity contribution in [1.29, 1.82) is 0 Å².